The van der Waals surface area contributed by atoms with Crippen LogP contribution in [0, 0.1) is 12.8 Å². The van der Waals surface area contributed by atoms with Crippen molar-refractivity contribution in [2.45, 2.75) is 26.1 Å². The van der Waals surface area contributed by atoms with Crippen LogP contribution in [-0.4, -0.2) is 17.2 Å². The van der Waals surface area contributed by atoms with Gasteiger partial charge in [0, 0.05) is 12.0 Å². The van der Waals surface area contributed by atoms with Crippen molar-refractivity contribution >= 4 is 29.0 Å². The Morgan fingerprint density at radius 1 is 1.24 bits per heavy atom. The Morgan fingerprint density at radius 3 is 2.64 bits per heavy atom. The molecule has 8 heteroatoms. The fourth-order valence-corrected chi connectivity index (χ4v) is 2.94. The largest absolute Gasteiger partial charge is 0.586 e. The maximum absolute atomic E-state index is 13.2. The fourth-order valence-electron chi connectivity index (χ4n) is 2.68. The van der Waals surface area contributed by atoms with Gasteiger partial charge in [0.05, 0.1) is 5.69 Å². The van der Waals surface area contributed by atoms with Crippen LogP contribution in [-0.2, 0) is 4.79 Å². The third-order valence-electron chi connectivity index (χ3n) is 3.94. The van der Waals surface area contributed by atoms with Crippen molar-refractivity contribution in [1.82, 2.24) is 4.98 Å². The first-order valence-corrected chi connectivity index (χ1v) is 8.08. The summed E-state index contributed by atoms with van der Waals surface area (Å²) in [5, 5.41) is 0.246. The molecule has 0 radical (unpaired) electrons. The predicted molar refractivity (Wildman–Crippen MR) is 86.5 cm³/mol. The molecule has 0 bridgehead atoms. The Balaban J connectivity index is 1.78. The summed E-state index contributed by atoms with van der Waals surface area (Å²) < 4.78 is 35.4. The Kier molecular flexibility index (Phi) is 3.57. The number of rotatable bonds is 3. The lowest BCUT2D eigenvalue weighted by atomic mass is 10.2. The molecule has 0 atom stereocenters. The van der Waals surface area contributed by atoms with Crippen molar-refractivity contribution in [1.29, 1.82) is 0 Å². The highest BCUT2D eigenvalue weighted by atomic mass is 35.5. The lowest BCUT2D eigenvalue weighted by molar-refractivity contribution is -0.286. The molecule has 1 saturated carbocycles. The zero-order chi connectivity index (χ0) is 17.8. The average Bonchev–Trinajstić information content (AvgIpc) is 3.29. The van der Waals surface area contributed by atoms with Crippen LogP contribution in [0.1, 0.15) is 18.4 Å². The fraction of sp³-hybridized carbons (Fsp3) is 0.294. The van der Waals surface area contributed by atoms with E-state index in [4.69, 9.17) is 11.6 Å². The molecule has 1 aliphatic carbocycles. The van der Waals surface area contributed by atoms with Crippen LogP contribution in [0.3, 0.4) is 0 Å². The number of hydrogen-bond acceptors (Lipinski definition) is 4. The summed E-state index contributed by atoms with van der Waals surface area (Å²) >= 11 is 6.02. The zero-order valence-corrected chi connectivity index (χ0v) is 13.9. The first kappa shape index (κ1) is 16.1. The second-order valence-electron chi connectivity index (χ2n) is 6.07. The minimum Gasteiger partial charge on any atom is -0.395 e. The summed E-state index contributed by atoms with van der Waals surface area (Å²) in [6, 6.07) is 7.59. The van der Waals surface area contributed by atoms with Gasteiger partial charge in [0.15, 0.2) is 11.5 Å². The Morgan fingerprint density at radius 2 is 1.96 bits per heavy atom. The van der Waals surface area contributed by atoms with Crippen molar-refractivity contribution in [3.05, 3.63) is 41.0 Å². The first-order chi connectivity index (χ1) is 11.8. The number of aryl methyl sites for hydroxylation is 1. The Hall–Kier alpha value is -2.41. The summed E-state index contributed by atoms with van der Waals surface area (Å²) in [7, 11) is 0. The molecule has 130 valence electrons. The van der Waals surface area contributed by atoms with E-state index in [1.807, 2.05) is 6.92 Å². The summed E-state index contributed by atoms with van der Waals surface area (Å²) in [5.41, 5.74) is 1.20. The number of carbonyl (C=O) groups excluding carboxylic acids is 1. The number of anilines is 2. The van der Waals surface area contributed by atoms with E-state index in [0.717, 1.165) is 18.4 Å². The van der Waals surface area contributed by atoms with E-state index in [1.54, 1.807) is 12.1 Å². The predicted octanol–water partition coefficient (Wildman–Crippen LogP) is 4.44. The second-order valence-corrected chi connectivity index (χ2v) is 6.46. The van der Waals surface area contributed by atoms with Crippen molar-refractivity contribution in [2.75, 3.05) is 4.90 Å². The van der Waals surface area contributed by atoms with Gasteiger partial charge in [-0.1, -0.05) is 11.6 Å². The van der Waals surface area contributed by atoms with Crippen LogP contribution in [0.5, 0.6) is 11.5 Å². The van der Waals surface area contributed by atoms with Gasteiger partial charge in [-0.05, 0) is 49.6 Å². The third-order valence-corrected chi connectivity index (χ3v) is 4.14. The van der Waals surface area contributed by atoms with Crippen LogP contribution in [0.2, 0.25) is 5.15 Å². The van der Waals surface area contributed by atoms with Gasteiger partial charge in [-0.3, -0.25) is 9.69 Å². The maximum atomic E-state index is 13.2. The van der Waals surface area contributed by atoms with E-state index >= 15 is 0 Å². The number of aromatic nitrogens is 1. The molecule has 4 rings (SSSR count). The molecule has 1 aromatic carbocycles. The number of fused-ring (bicyclic) bond motifs is 1. The molecule has 25 heavy (non-hydrogen) atoms. The van der Waals surface area contributed by atoms with Crippen LogP contribution < -0.4 is 14.4 Å². The second kappa shape index (κ2) is 5.56. The van der Waals surface area contributed by atoms with Gasteiger partial charge in [-0.2, -0.15) is 0 Å². The van der Waals surface area contributed by atoms with E-state index in [9.17, 15) is 13.6 Å². The number of pyridine rings is 1. The molecule has 0 spiro atoms. The highest BCUT2D eigenvalue weighted by Gasteiger charge is 2.44. The van der Waals surface area contributed by atoms with E-state index in [2.05, 4.69) is 14.5 Å². The van der Waals surface area contributed by atoms with Crippen molar-refractivity contribution in [3.8, 4) is 11.5 Å². The standard InChI is InChI=1S/C17H13ClF2N2O3/c1-9-6-14(18)21-15(7-9)22(16(23)10-2-3-10)11-4-5-12-13(8-11)25-17(19,20)24-12/h4-8,10H,2-3H2,1H3. The number of carbonyl (C=O) groups is 1. The number of halogens is 3. The minimum absolute atomic E-state index is 0.0807. The molecule has 1 fully saturated rings. The highest BCUT2D eigenvalue weighted by molar-refractivity contribution is 6.29. The molecule has 0 saturated heterocycles. The molecule has 1 aromatic heterocycles. The van der Waals surface area contributed by atoms with Gasteiger partial charge in [-0.25, -0.2) is 4.98 Å². The van der Waals surface area contributed by atoms with Crippen LogP contribution >= 0.6 is 11.6 Å². The zero-order valence-electron chi connectivity index (χ0n) is 13.1. The molecule has 1 aliphatic heterocycles. The molecular formula is C17H13ClF2N2O3. The van der Waals surface area contributed by atoms with Crippen molar-refractivity contribution in [3.63, 3.8) is 0 Å². The van der Waals surface area contributed by atoms with Crippen molar-refractivity contribution in [2.24, 2.45) is 5.92 Å². The lowest BCUT2D eigenvalue weighted by Crippen LogP contribution is -2.28. The van der Waals surface area contributed by atoms with Crippen LogP contribution in [0.25, 0.3) is 0 Å². The first-order valence-electron chi connectivity index (χ1n) is 7.70. The van der Waals surface area contributed by atoms with Crippen molar-refractivity contribution < 1.29 is 23.0 Å². The Bertz CT molecular complexity index is 851. The number of ether oxygens (including phenoxy) is 2. The van der Waals surface area contributed by atoms with E-state index in [1.165, 1.54) is 23.1 Å². The minimum atomic E-state index is -3.71. The molecule has 0 N–H and O–H groups in total. The normalized spacial score (nSPS) is 17.4. The summed E-state index contributed by atoms with van der Waals surface area (Å²) in [6.07, 6.45) is -2.13. The van der Waals surface area contributed by atoms with Gasteiger partial charge in [0.2, 0.25) is 5.91 Å². The van der Waals surface area contributed by atoms with Gasteiger partial charge in [0.25, 0.3) is 0 Å². The maximum Gasteiger partial charge on any atom is 0.586 e. The number of nitrogens with zero attached hydrogens (tertiary/aromatic N) is 2. The van der Waals surface area contributed by atoms with Gasteiger partial charge >= 0.3 is 6.29 Å². The third kappa shape index (κ3) is 3.11. The molecule has 0 unspecified atom stereocenters. The molecule has 5 nitrogen and oxygen atoms in total. The molecule has 2 heterocycles. The number of hydrogen-bond donors (Lipinski definition) is 0. The molecule has 1 amide bonds. The number of amides is 1. The Labute approximate surface area is 147 Å². The molecule has 2 aliphatic rings. The van der Waals surface area contributed by atoms with E-state index in [-0.39, 0.29) is 28.5 Å². The quantitative estimate of drug-likeness (QED) is 0.753. The summed E-state index contributed by atoms with van der Waals surface area (Å²) in [4.78, 5) is 18.4. The average molecular weight is 367 g/mol. The molecule has 2 aromatic rings. The lowest BCUT2D eigenvalue weighted by Gasteiger charge is -2.22. The SMILES string of the molecule is Cc1cc(Cl)nc(N(C(=O)C2CC2)c2ccc3c(c2)OC(F)(F)O3)c1. The van der Waals surface area contributed by atoms with Crippen LogP contribution in [0.4, 0.5) is 20.3 Å². The smallest absolute Gasteiger partial charge is 0.395 e. The van der Waals surface area contributed by atoms with Crippen LogP contribution in [0.15, 0.2) is 30.3 Å². The van der Waals surface area contributed by atoms with Gasteiger partial charge in [-0.15, -0.1) is 8.78 Å². The number of benzene rings is 1. The molecular weight excluding hydrogens is 354 g/mol. The monoisotopic (exact) mass is 366 g/mol. The number of alkyl halides is 2. The highest BCUT2D eigenvalue weighted by Crippen LogP contribution is 2.45. The topological polar surface area (TPSA) is 51.7 Å². The summed E-state index contributed by atoms with van der Waals surface area (Å²) in [6.45, 7) is 1.83. The van der Waals surface area contributed by atoms with E-state index in [0.29, 0.717) is 11.5 Å². The summed E-state index contributed by atoms with van der Waals surface area (Å²) in [5.74, 6) is -0.127. The van der Waals surface area contributed by atoms with E-state index < -0.39 is 6.29 Å². The van der Waals surface area contributed by atoms with Gasteiger partial charge in [0.1, 0.15) is 11.0 Å². The van der Waals surface area contributed by atoms with Gasteiger partial charge < -0.3 is 9.47 Å².